The van der Waals surface area contributed by atoms with E-state index in [4.69, 9.17) is 10.5 Å². The summed E-state index contributed by atoms with van der Waals surface area (Å²) in [6.07, 6.45) is 1.74. The summed E-state index contributed by atoms with van der Waals surface area (Å²) in [7, 11) is 0. The van der Waals surface area contributed by atoms with Crippen molar-refractivity contribution < 1.29 is 0 Å². The molecule has 6 nitrogen and oxygen atoms in total. The van der Waals surface area contributed by atoms with Gasteiger partial charge in [-0.15, -0.1) is 0 Å². The van der Waals surface area contributed by atoms with Gasteiger partial charge in [-0.25, -0.2) is 5.01 Å². The van der Waals surface area contributed by atoms with Gasteiger partial charge in [0.05, 0.1) is 12.8 Å². The van der Waals surface area contributed by atoms with Crippen LogP contribution in [-0.2, 0) is 0 Å². The van der Waals surface area contributed by atoms with Crippen LogP contribution in [0.25, 0.3) is 0 Å². The molecule has 0 aliphatic carbocycles. The topological polar surface area (TPSA) is 91.9 Å². The van der Waals surface area contributed by atoms with Crippen molar-refractivity contribution in [1.29, 1.82) is 10.5 Å². The zero-order chi connectivity index (χ0) is 12.4. The van der Waals surface area contributed by atoms with Crippen molar-refractivity contribution in [3.05, 3.63) is 22.5 Å². The maximum Gasteiger partial charge on any atom is 0.226 e. The molecule has 0 fully saturated rings. The van der Waals surface area contributed by atoms with Crippen LogP contribution in [0.4, 0.5) is 5.95 Å². The molecule has 0 amide bonds. The molecule has 0 radical (unpaired) electrons. The van der Waals surface area contributed by atoms with Gasteiger partial charge in [-0.1, -0.05) is 0 Å². The van der Waals surface area contributed by atoms with Crippen molar-refractivity contribution in [2.75, 3.05) is 11.6 Å². The Labute approximate surface area is 98.5 Å². The first-order chi connectivity index (χ1) is 8.15. The maximum absolute atomic E-state index is 8.82. The Morgan fingerprint density at radius 3 is 2.65 bits per heavy atom. The van der Waals surface area contributed by atoms with Crippen LogP contribution in [0.1, 0.15) is 25.2 Å². The van der Waals surface area contributed by atoms with E-state index in [-0.39, 0.29) is 11.4 Å². The number of hydrogen-bond donors (Lipinski definition) is 1. The van der Waals surface area contributed by atoms with Crippen LogP contribution in [-0.4, -0.2) is 22.7 Å². The smallest absolute Gasteiger partial charge is 0.226 e. The fourth-order valence-corrected chi connectivity index (χ4v) is 1.43. The van der Waals surface area contributed by atoms with Crippen molar-refractivity contribution in [3.63, 3.8) is 0 Å². The Morgan fingerprint density at radius 1 is 1.35 bits per heavy atom. The number of aromatic nitrogens is 2. The van der Waals surface area contributed by atoms with Gasteiger partial charge >= 0.3 is 0 Å². The average Bonchev–Trinajstić information content (AvgIpc) is 2.75. The number of H-pyrrole nitrogens is 1. The Balaban J connectivity index is 2.33. The first-order valence-electron chi connectivity index (χ1n) is 5.03. The van der Waals surface area contributed by atoms with Crippen molar-refractivity contribution in [3.8, 4) is 12.1 Å². The second-order valence-electron chi connectivity index (χ2n) is 3.77. The summed E-state index contributed by atoms with van der Waals surface area (Å²) in [5.74, 6) is 0.418. The van der Waals surface area contributed by atoms with Crippen LogP contribution in [0.3, 0.4) is 0 Å². The van der Waals surface area contributed by atoms with Crippen molar-refractivity contribution >= 4 is 12.2 Å². The second-order valence-corrected chi connectivity index (χ2v) is 3.77. The number of nitrogens with zero attached hydrogens (tertiary/aromatic N) is 5. The lowest BCUT2D eigenvalue weighted by atomic mass is 10.1. The molecule has 6 heteroatoms. The van der Waals surface area contributed by atoms with Gasteiger partial charge in [0.2, 0.25) is 5.95 Å². The summed E-state index contributed by atoms with van der Waals surface area (Å²) in [6.45, 7) is 4.60. The quantitative estimate of drug-likeness (QED) is 0.781. The third-order valence-electron chi connectivity index (χ3n) is 2.60. The van der Waals surface area contributed by atoms with Crippen LogP contribution in [0, 0.1) is 22.7 Å². The molecular weight excluding hydrogens is 216 g/mol. The number of aromatic amines is 1. The highest BCUT2D eigenvalue weighted by atomic mass is 15.5. The second kappa shape index (κ2) is 4.11. The maximum atomic E-state index is 8.82. The summed E-state index contributed by atoms with van der Waals surface area (Å²) in [5, 5.41) is 23.4. The molecule has 0 unspecified atom stereocenters. The number of nitriles is 2. The standard InChI is InChI=1S/C11H10N6/c1-7-5-14-17(6-8(7)2)11-15-9(3-12)10(4-13)16-11/h5H,6H2,1-2H3,(H,15,16). The molecule has 1 aromatic rings. The van der Waals surface area contributed by atoms with Gasteiger partial charge in [-0.3, -0.25) is 0 Å². The Bertz CT molecular complexity index is 561. The summed E-state index contributed by atoms with van der Waals surface area (Å²) in [6, 6.07) is 3.77. The van der Waals surface area contributed by atoms with Crippen molar-refractivity contribution in [1.82, 2.24) is 9.97 Å². The number of rotatable bonds is 1. The first kappa shape index (κ1) is 10.9. The molecule has 84 valence electrons. The van der Waals surface area contributed by atoms with Crippen LogP contribution in [0.5, 0.6) is 0 Å². The summed E-state index contributed by atoms with van der Waals surface area (Å²) in [5.41, 5.74) is 2.56. The van der Waals surface area contributed by atoms with Crippen LogP contribution in [0.15, 0.2) is 16.2 Å². The van der Waals surface area contributed by atoms with E-state index >= 15 is 0 Å². The minimum absolute atomic E-state index is 0.0987. The zero-order valence-corrected chi connectivity index (χ0v) is 9.52. The van der Waals surface area contributed by atoms with Gasteiger partial charge in [-0.2, -0.15) is 20.6 Å². The SMILES string of the molecule is CC1=C(C)CN(c2nc(C#N)c(C#N)[nH]2)N=C1. The highest BCUT2D eigenvalue weighted by Crippen LogP contribution is 2.18. The molecule has 0 aromatic carbocycles. The van der Waals surface area contributed by atoms with Crippen LogP contribution < -0.4 is 5.01 Å². The molecule has 0 spiro atoms. The van der Waals surface area contributed by atoms with E-state index in [0.717, 1.165) is 5.57 Å². The van der Waals surface area contributed by atoms with Crippen LogP contribution >= 0.6 is 0 Å². The molecule has 0 saturated carbocycles. The largest absolute Gasteiger partial charge is 0.313 e. The van der Waals surface area contributed by atoms with Crippen LogP contribution in [0.2, 0.25) is 0 Å². The number of nitrogens with one attached hydrogen (secondary N) is 1. The molecule has 2 heterocycles. The first-order valence-corrected chi connectivity index (χ1v) is 5.03. The minimum Gasteiger partial charge on any atom is -0.313 e. The lowest BCUT2D eigenvalue weighted by Gasteiger charge is -2.20. The van der Waals surface area contributed by atoms with E-state index in [0.29, 0.717) is 12.5 Å². The van der Waals surface area contributed by atoms with Gasteiger partial charge in [0.15, 0.2) is 11.4 Å². The zero-order valence-electron chi connectivity index (χ0n) is 9.52. The molecule has 0 bridgehead atoms. The monoisotopic (exact) mass is 226 g/mol. The lowest BCUT2D eigenvalue weighted by molar-refractivity contribution is 0.851. The highest BCUT2D eigenvalue weighted by Gasteiger charge is 2.17. The number of hydrogen-bond acceptors (Lipinski definition) is 5. The van der Waals surface area contributed by atoms with E-state index in [9.17, 15) is 0 Å². The van der Waals surface area contributed by atoms with Gasteiger partial charge in [0.25, 0.3) is 0 Å². The molecule has 0 saturated heterocycles. The van der Waals surface area contributed by atoms with E-state index in [2.05, 4.69) is 15.1 Å². The average molecular weight is 226 g/mol. The fraction of sp³-hybridized carbons (Fsp3) is 0.273. The number of hydrazone groups is 1. The molecule has 17 heavy (non-hydrogen) atoms. The Hall–Kier alpha value is -2.60. The molecule has 1 aliphatic heterocycles. The van der Waals surface area contributed by atoms with Crippen molar-refractivity contribution in [2.24, 2.45) is 5.10 Å². The third kappa shape index (κ3) is 1.88. The lowest BCUT2D eigenvalue weighted by Crippen LogP contribution is -2.24. The minimum atomic E-state index is 0.0987. The highest BCUT2D eigenvalue weighted by molar-refractivity contribution is 5.81. The number of imidazole rings is 1. The van der Waals surface area contributed by atoms with Gasteiger partial charge in [0.1, 0.15) is 12.1 Å². The number of allylic oxidation sites excluding steroid dienone is 1. The summed E-state index contributed by atoms with van der Waals surface area (Å²) >= 11 is 0. The molecule has 2 rings (SSSR count). The molecular formula is C11H10N6. The normalized spacial score (nSPS) is 14.7. The predicted octanol–water partition coefficient (Wildman–Crippen LogP) is 1.30. The molecule has 1 N–H and O–H groups in total. The van der Waals surface area contributed by atoms with Crippen molar-refractivity contribution in [2.45, 2.75) is 13.8 Å². The van der Waals surface area contributed by atoms with Gasteiger partial charge in [0, 0.05) is 0 Å². The van der Waals surface area contributed by atoms with E-state index in [1.54, 1.807) is 11.2 Å². The predicted molar refractivity (Wildman–Crippen MR) is 62.2 cm³/mol. The van der Waals surface area contributed by atoms with Gasteiger partial charge < -0.3 is 4.98 Å². The Morgan fingerprint density at radius 2 is 2.12 bits per heavy atom. The molecule has 0 atom stereocenters. The van der Waals surface area contributed by atoms with E-state index < -0.39 is 0 Å². The Kier molecular flexibility index (Phi) is 2.63. The number of anilines is 1. The molecule has 1 aliphatic rings. The van der Waals surface area contributed by atoms with Gasteiger partial charge in [-0.05, 0) is 25.0 Å². The van der Waals surface area contributed by atoms with E-state index in [1.165, 1.54) is 5.57 Å². The third-order valence-corrected chi connectivity index (χ3v) is 2.60. The fourth-order valence-electron chi connectivity index (χ4n) is 1.43. The molecule has 1 aromatic heterocycles. The summed E-state index contributed by atoms with van der Waals surface area (Å²) in [4.78, 5) is 6.82. The van der Waals surface area contributed by atoms with E-state index in [1.807, 2.05) is 26.0 Å². The summed E-state index contributed by atoms with van der Waals surface area (Å²) < 4.78 is 0.